The molecule has 0 radical (unpaired) electrons. The third-order valence-electron chi connectivity index (χ3n) is 2.16. The van der Waals surface area contributed by atoms with Crippen molar-refractivity contribution in [3.8, 4) is 0 Å². The summed E-state index contributed by atoms with van der Waals surface area (Å²) in [6, 6.07) is 11.1. The summed E-state index contributed by atoms with van der Waals surface area (Å²) >= 11 is 15.2. The monoisotopic (exact) mass is 330 g/mol. The highest BCUT2D eigenvalue weighted by atomic mass is 79.9. The van der Waals surface area contributed by atoms with Gasteiger partial charge in [0.15, 0.2) is 0 Å². The molecule has 0 amide bonds. The number of hydrogen-bond donors (Lipinski definition) is 1. The molecule has 17 heavy (non-hydrogen) atoms. The van der Waals surface area contributed by atoms with E-state index in [-0.39, 0.29) is 0 Å². The molecule has 2 aromatic rings. The molecular weight excluding hydrogens is 323 g/mol. The summed E-state index contributed by atoms with van der Waals surface area (Å²) in [6.07, 6.45) is 0. The highest BCUT2D eigenvalue weighted by molar-refractivity contribution is 9.10. The highest BCUT2D eigenvalue weighted by Crippen LogP contribution is 2.25. The van der Waals surface area contributed by atoms with E-state index in [0.29, 0.717) is 16.6 Å². The predicted molar refractivity (Wildman–Crippen MR) is 75.7 cm³/mol. The molecule has 2 nitrogen and oxygen atoms in total. The zero-order valence-corrected chi connectivity index (χ0v) is 11.9. The minimum Gasteiger partial charge on any atom is -0.378 e. The molecule has 0 bridgehead atoms. The first-order valence-electron chi connectivity index (χ1n) is 4.95. The van der Waals surface area contributed by atoms with Gasteiger partial charge < -0.3 is 5.32 Å². The molecular formula is C12H9BrCl2N2. The lowest BCUT2D eigenvalue weighted by molar-refractivity contribution is 1.03. The standard InChI is InChI=1S/C12H9BrCl2N2/c13-12-3-1-2-9(17-12)7-16-11-5-4-8(14)6-10(11)15/h1-6,16H,7H2. The number of aromatic nitrogens is 1. The van der Waals surface area contributed by atoms with Gasteiger partial charge in [-0.15, -0.1) is 0 Å². The topological polar surface area (TPSA) is 24.9 Å². The van der Waals surface area contributed by atoms with Crippen LogP contribution in [0.25, 0.3) is 0 Å². The molecule has 0 fully saturated rings. The largest absolute Gasteiger partial charge is 0.378 e. The number of rotatable bonds is 3. The van der Waals surface area contributed by atoms with Crippen molar-refractivity contribution in [3.63, 3.8) is 0 Å². The highest BCUT2D eigenvalue weighted by Gasteiger charge is 2.01. The molecule has 2 rings (SSSR count). The maximum Gasteiger partial charge on any atom is 0.106 e. The molecule has 88 valence electrons. The van der Waals surface area contributed by atoms with Gasteiger partial charge in [0.25, 0.3) is 0 Å². The smallest absolute Gasteiger partial charge is 0.106 e. The van der Waals surface area contributed by atoms with Crippen molar-refractivity contribution in [1.82, 2.24) is 4.98 Å². The van der Waals surface area contributed by atoms with E-state index in [2.05, 4.69) is 26.2 Å². The van der Waals surface area contributed by atoms with E-state index < -0.39 is 0 Å². The molecule has 0 aliphatic carbocycles. The summed E-state index contributed by atoms with van der Waals surface area (Å²) in [6.45, 7) is 0.612. The van der Waals surface area contributed by atoms with Gasteiger partial charge in [-0.05, 0) is 46.3 Å². The molecule has 1 heterocycles. The maximum absolute atomic E-state index is 6.05. The zero-order chi connectivity index (χ0) is 12.3. The Morgan fingerprint density at radius 3 is 2.71 bits per heavy atom. The van der Waals surface area contributed by atoms with Crippen LogP contribution in [0.4, 0.5) is 5.69 Å². The van der Waals surface area contributed by atoms with E-state index >= 15 is 0 Å². The number of nitrogens with zero attached hydrogens (tertiary/aromatic N) is 1. The Hall–Kier alpha value is -0.770. The Morgan fingerprint density at radius 2 is 2.00 bits per heavy atom. The number of anilines is 1. The molecule has 0 saturated heterocycles. The number of benzene rings is 1. The molecule has 5 heteroatoms. The fraction of sp³-hybridized carbons (Fsp3) is 0.0833. The SMILES string of the molecule is Clc1ccc(NCc2cccc(Br)n2)c(Cl)c1. The van der Waals surface area contributed by atoms with Crippen LogP contribution in [-0.2, 0) is 6.54 Å². The molecule has 1 aromatic carbocycles. The molecule has 1 N–H and O–H groups in total. The van der Waals surface area contributed by atoms with Crippen molar-refractivity contribution in [2.45, 2.75) is 6.54 Å². The maximum atomic E-state index is 6.05. The normalized spacial score (nSPS) is 10.3. The van der Waals surface area contributed by atoms with Gasteiger partial charge in [0.05, 0.1) is 22.9 Å². The van der Waals surface area contributed by atoms with Gasteiger partial charge in [0, 0.05) is 5.02 Å². The zero-order valence-electron chi connectivity index (χ0n) is 8.75. The fourth-order valence-corrected chi connectivity index (χ4v) is 2.22. The van der Waals surface area contributed by atoms with Crippen molar-refractivity contribution in [2.75, 3.05) is 5.32 Å². The van der Waals surface area contributed by atoms with Gasteiger partial charge in [0.2, 0.25) is 0 Å². The predicted octanol–water partition coefficient (Wildman–Crippen LogP) is 4.76. The van der Waals surface area contributed by atoms with Crippen LogP contribution in [0, 0.1) is 0 Å². The lowest BCUT2D eigenvalue weighted by Crippen LogP contribution is -2.01. The van der Waals surface area contributed by atoms with Crippen molar-refractivity contribution in [2.24, 2.45) is 0 Å². The fourth-order valence-electron chi connectivity index (χ4n) is 1.37. The van der Waals surface area contributed by atoms with Crippen LogP contribution in [0.2, 0.25) is 10.0 Å². The summed E-state index contributed by atoms with van der Waals surface area (Å²) in [5.41, 5.74) is 1.78. The van der Waals surface area contributed by atoms with E-state index in [1.807, 2.05) is 24.3 Å². The number of hydrogen-bond acceptors (Lipinski definition) is 2. The molecule has 0 aliphatic rings. The second kappa shape index (κ2) is 5.71. The molecule has 0 atom stereocenters. The summed E-state index contributed by atoms with van der Waals surface area (Å²) in [5, 5.41) is 4.44. The van der Waals surface area contributed by atoms with Gasteiger partial charge in [-0.1, -0.05) is 29.3 Å². The second-order valence-electron chi connectivity index (χ2n) is 3.43. The van der Waals surface area contributed by atoms with E-state index in [9.17, 15) is 0 Å². The lowest BCUT2D eigenvalue weighted by Gasteiger charge is -2.08. The molecule has 1 aromatic heterocycles. The summed E-state index contributed by atoms with van der Waals surface area (Å²) < 4.78 is 0.819. The van der Waals surface area contributed by atoms with Crippen LogP contribution in [0.15, 0.2) is 41.0 Å². The Bertz CT molecular complexity index is 532. The van der Waals surface area contributed by atoms with Crippen LogP contribution in [0.3, 0.4) is 0 Å². The van der Waals surface area contributed by atoms with Crippen LogP contribution in [-0.4, -0.2) is 4.98 Å². The van der Waals surface area contributed by atoms with Crippen molar-refractivity contribution in [1.29, 1.82) is 0 Å². The first kappa shape index (κ1) is 12.7. The van der Waals surface area contributed by atoms with Gasteiger partial charge >= 0.3 is 0 Å². The van der Waals surface area contributed by atoms with Crippen molar-refractivity contribution in [3.05, 3.63) is 56.7 Å². The van der Waals surface area contributed by atoms with E-state index in [4.69, 9.17) is 23.2 Å². The summed E-state index contributed by atoms with van der Waals surface area (Å²) in [5.74, 6) is 0. The Balaban J connectivity index is 2.07. The summed E-state index contributed by atoms with van der Waals surface area (Å²) in [7, 11) is 0. The quantitative estimate of drug-likeness (QED) is 0.820. The van der Waals surface area contributed by atoms with E-state index in [1.165, 1.54) is 0 Å². The van der Waals surface area contributed by atoms with Crippen LogP contribution in [0.5, 0.6) is 0 Å². The van der Waals surface area contributed by atoms with Gasteiger partial charge in [0.1, 0.15) is 4.60 Å². The first-order valence-corrected chi connectivity index (χ1v) is 6.50. The average Bonchev–Trinajstić information content (AvgIpc) is 2.28. The van der Waals surface area contributed by atoms with Gasteiger partial charge in [-0.25, -0.2) is 4.98 Å². The molecule has 0 saturated carbocycles. The third kappa shape index (κ3) is 3.60. The van der Waals surface area contributed by atoms with Gasteiger partial charge in [-0.2, -0.15) is 0 Å². The Morgan fingerprint density at radius 1 is 1.18 bits per heavy atom. The van der Waals surface area contributed by atoms with Crippen molar-refractivity contribution < 1.29 is 0 Å². The van der Waals surface area contributed by atoms with Crippen LogP contribution in [0.1, 0.15) is 5.69 Å². The molecule has 0 unspecified atom stereocenters. The van der Waals surface area contributed by atoms with Crippen LogP contribution < -0.4 is 5.32 Å². The summed E-state index contributed by atoms with van der Waals surface area (Å²) in [4.78, 5) is 4.32. The average molecular weight is 332 g/mol. The van der Waals surface area contributed by atoms with Gasteiger partial charge in [-0.3, -0.25) is 0 Å². The minimum atomic E-state index is 0.604. The first-order chi connectivity index (χ1) is 8.15. The Kier molecular flexibility index (Phi) is 4.26. The van der Waals surface area contributed by atoms with Crippen molar-refractivity contribution >= 4 is 44.8 Å². The second-order valence-corrected chi connectivity index (χ2v) is 5.09. The van der Waals surface area contributed by atoms with E-state index in [1.54, 1.807) is 12.1 Å². The molecule has 0 spiro atoms. The number of halogens is 3. The third-order valence-corrected chi connectivity index (χ3v) is 3.15. The van der Waals surface area contributed by atoms with E-state index in [0.717, 1.165) is 16.0 Å². The van der Waals surface area contributed by atoms with Crippen LogP contribution >= 0.6 is 39.1 Å². The lowest BCUT2D eigenvalue weighted by atomic mass is 10.3. The number of nitrogens with one attached hydrogen (secondary N) is 1. The number of pyridine rings is 1. The minimum absolute atomic E-state index is 0.604. The molecule has 0 aliphatic heterocycles. The Labute approximate surface area is 118 Å².